The van der Waals surface area contributed by atoms with Gasteiger partial charge in [-0.3, -0.25) is 0 Å². The Labute approximate surface area is 104 Å². The van der Waals surface area contributed by atoms with Crippen LogP contribution in [0.1, 0.15) is 22.8 Å². The number of hydrogen-bond acceptors (Lipinski definition) is 4. The summed E-state index contributed by atoms with van der Waals surface area (Å²) in [5.41, 5.74) is 0.379. The Morgan fingerprint density at radius 2 is 2.22 bits per heavy atom. The molecule has 0 fully saturated rings. The Morgan fingerprint density at radius 1 is 1.50 bits per heavy atom. The first kappa shape index (κ1) is 13.5. The number of nitriles is 1. The highest BCUT2D eigenvalue weighted by atomic mass is 16.5. The van der Waals surface area contributed by atoms with Crippen molar-refractivity contribution in [3.63, 3.8) is 0 Å². The molecule has 92 valence electrons. The van der Waals surface area contributed by atoms with Gasteiger partial charge in [0.1, 0.15) is 11.6 Å². The second kappa shape index (κ2) is 6.21. The number of carbonyl (C=O) groups excluding carboxylic acids is 1. The first-order chi connectivity index (χ1) is 8.58. The van der Waals surface area contributed by atoms with Crippen molar-refractivity contribution >= 4 is 18.0 Å². The molecule has 1 rings (SSSR count). The van der Waals surface area contributed by atoms with E-state index in [1.54, 1.807) is 19.1 Å². The summed E-state index contributed by atoms with van der Waals surface area (Å²) >= 11 is 0. The molecule has 0 aliphatic heterocycles. The molecule has 1 aromatic carbocycles. The second-order valence-corrected chi connectivity index (χ2v) is 3.32. The molecule has 0 saturated carbocycles. The SMILES string of the molecule is CCOC(=O)/C(C#N)=C\c1cccc(C(=O)O)c1. The minimum absolute atomic E-state index is 0.0879. The van der Waals surface area contributed by atoms with Crippen molar-refractivity contribution in [2.75, 3.05) is 6.61 Å². The minimum atomic E-state index is -1.07. The van der Waals surface area contributed by atoms with Gasteiger partial charge in [-0.15, -0.1) is 0 Å². The summed E-state index contributed by atoms with van der Waals surface area (Å²) in [5.74, 6) is -1.79. The number of benzene rings is 1. The van der Waals surface area contributed by atoms with E-state index in [9.17, 15) is 9.59 Å². The van der Waals surface area contributed by atoms with Crippen molar-refractivity contribution in [2.24, 2.45) is 0 Å². The van der Waals surface area contributed by atoms with Crippen molar-refractivity contribution in [1.29, 1.82) is 5.26 Å². The molecule has 0 aliphatic carbocycles. The summed E-state index contributed by atoms with van der Waals surface area (Å²) in [6.45, 7) is 1.81. The molecule has 0 aromatic heterocycles. The van der Waals surface area contributed by atoms with Gasteiger partial charge < -0.3 is 9.84 Å². The average Bonchev–Trinajstić information content (AvgIpc) is 2.36. The molecule has 0 unspecified atom stereocenters. The van der Waals surface area contributed by atoms with Crippen LogP contribution in [0, 0.1) is 11.3 Å². The van der Waals surface area contributed by atoms with Gasteiger partial charge in [-0.1, -0.05) is 12.1 Å². The van der Waals surface area contributed by atoms with Gasteiger partial charge in [0.15, 0.2) is 0 Å². The van der Waals surface area contributed by atoms with Gasteiger partial charge in [0.05, 0.1) is 12.2 Å². The number of carboxylic acid groups (broad SMARTS) is 1. The number of carbonyl (C=O) groups is 2. The Balaban J connectivity index is 3.07. The largest absolute Gasteiger partial charge is 0.478 e. The lowest BCUT2D eigenvalue weighted by atomic mass is 10.1. The first-order valence-corrected chi connectivity index (χ1v) is 5.20. The maximum absolute atomic E-state index is 11.4. The third-order valence-corrected chi connectivity index (χ3v) is 2.06. The van der Waals surface area contributed by atoms with Gasteiger partial charge in [-0.25, -0.2) is 9.59 Å². The monoisotopic (exact) mass is 245 g/mol. The van der Waals surface area contributed by atoms with Gasteiger partial charge >= 0.3 is 11.9 Å². The number of rotatable bonds is 4. The third-order valence-electron chi connectivity index (χ3n) is 2.06. The van der Waals surface area contributed by atoms with Gasteiger partial charge in [-0.05, 0) is 30.7 Å². The fraction of sp³-hybridized carbons (Fsp3) is 0.154. The Hall–Kier alpha value is -2.61. The summed E-state index contributed by atoms with van der Waals surface area (Å²) in [7, 11) is 0. The van der Waals surface area contributed by atoms with Crippen LogP contribution in [0.15, 0.2) is 29.8 Å². The molecule has 0 aliphatic rings. The van der Waals surface area contributed by atoms with Crippen molar-refractivity contribution in [3.05, 3.63) is 41.0 Å². The molecule has 0 atom stereocenters. The molecule has 0 bridgehead atoms. The highest BCUT2D eigenvalue weighted by Crippen LogP contribution is 2.11. The molecule has 1 N–H and O–H groups in total. The number of aromatic carboxylic acids is 1. The van der Waals surface area contributed by atoms with Crippen LogP contribution in [0.3, 0.4) is 0 Å². The summed E-state index contributed by atoms with van der Waals surface area (Å²) in [6.07, 6.45) is 1.30. The van der Waals surface area contributed by atoms with E-state index in [0.717, 1.165) is 0 Å². The van der Waals surface area contributed by atoms with Crippen LogP contribution in [0.2, 0.25) is 0 Å². The maximum Gasteiger partial charge on any atom is 0.348 e. The third kappa shape index (κ3) is 3.46. The highest BCUT2D eigenvalue weighted by Gasteiger charge is 2.10. The minimum Gasteiger partial charge on any atom is -0.478 e. The molecule has 0 amide bonds. The van der Waals surface area contributed by atoms with Crippen LogP contribution in [0.4, 0.5) is 0 Å². The maximum atomic E-state index is 11.4. The summed E-state index contributed by atoms with van der Waals surface area (Å²) in [5, 5.41) is 17.6. The van der Waals surface area contributed by atoms with E-state index in [-0.39, 0.29) is 17.7 Å². The van der Waals surface area contributed by atoms with Crippen LogP contribution in [-0.4, -0.2) is 23.7 Å². The molecular weight excluding hydrogens is 234 g/mol. The van der Waals surface area contributed by atoms with Crippen LogP contribution < -0.4 is 0 Å². The molecule has 18 heavy (non-hydrogen) atoms. The molecule has 0 spiro atoms. The van der Waals surface area contributed by atoms with E-state index in [4.69, 9.17) is 15.1 Å². The predicted octanol–water partition coefficient (Wildman–Crippen LogP) is 1.85. The van der Waals surface area contributed by atoms with Gasteiger partial charge in [0.2, 0.25) is 0 Å². The number of hydrogen-bond donors (Lipinski definition) is 1. The lowest BCUT2D eigenvalue weighted by Gasteiger charge is -2.00. The van der Waals surface area contributed by atoms with E-state index < -0.39 is 11.9 Å². The zero-order chi connectivity index (χ0) is 13.5. The van der Waals surface area contributed by atoms with E-state index in [1.807, 2.05) is 0 Å². The fourth-order valence-corrected chi connectivity index (χ4v) is 1.27. The molecule has 0 radical (unpaired) electrons. The quantitative estimate of drug-likeness (QED) is 0.497. The summed E-state index contributed by atoms with van der Waals surface area (Å²) < 4.78 is 4.70. The van der Waals surface area contributed by atoms with Crippen molar-refractivity contribution in [2.45, 2.75) is 6.92 Å². The Bertz CT molecular complexity index is 540. The molecule has 5 nitrogen and oxygen atoms in total. The predicted molar refractivity (Wildman–Crippen MR) is 63.6 cm³/mol. The number of ether oxygens (including phenoxy) is 1. The van der Waals surface area contributed by atoms with Crippen LogP contribution in [0.5, 0.6) is 0 Å². The highest BCUT2D eigenvalue weighted by molar-refractivity contribution is 5.98. The van der Waals surface area contributed by atoms with Gasteiger partial charge in [-0.2, -0.15) is 5.26 Å². The Kier molecular flexibility index (Phi) is 4.64. The topological polar surface area (TPSA) is 87.4 Å². The van der Waals surface area contributed by atoms with Crippen molar-refractivity contribution in [3.8, 4) is 6.07 Å². The fourth-order valence-electron chi connectivity index (χ4n) is 1.27. The van der Waals surface area contributed by atoms with Crippen molar-refractivity contribution < 1.29 is 19.4 Å². The van der Waals surface area contributed by atoms with E-state index in [0.29, 0.717) is 5.56 Å². The Morgan fingerprint density at radius 3 is 2.78 bits per heavy atom. The number of carboxylic acids is 1. The van der Waals surface area contributed by atoms with Crippen LogP contribution in [0.25, 0.3) is 6.08 Å². The molecule has 1 aromatic rings. The smallest absolute Gasteiger partial charge is 0.348 e. The van der Waals surface area contributed by atoms with Gasteiger partial charge in [0, 0.05) is 0 Å². The normalized spacial score (nSPS) is 10.6. The van der Waals surface area contributed by atoms with Gasteiger partial charge in [0.25, 0.3) is 0 Å². The summed E-state index contributed by atoms with van der Waals surface area (Å²) in [4.78, 5) is 22.1. The number of nitrogens with zero attached hydrogens (tertiary/aromatic N) is 1. The standard InChI is InChI=1S/C13H11NO4/c1-2-18-13(17)11(8-14)7-9-4-3-5-10(6-9)12(15)16/h3-7H,2H2,1H3,(H,15,16)/b11-7-. The molecule has 0 heterocycles. The zero-order valence-corrected chi connectivity index (χ0v) is 9.71. The molecule has 0 saturated heterocycles. The van der Waals surface area contributed by atoms with Crippen molar-refractivity contribution in [1.82, 2.24) is 0 Å². The summed E-state index contributed by atoms with van der Waals surface area (Å²) in [6, 6.07) is 7.66. The van der Waals surface area contributed by atoms with E-state index >= 15 is 0 Å². The number of esters is 1. The first-order valence-electron chi connectivity index (χ1n) is 5.20. The molecule has 5 heteroatoms. The van der Waals surface area contributed by atoms with Crippen LogP contribution in [-0.2, 0) is 9.53 Å². The lowest BCUT2D eigenvalue weighted by Crippen LogP contribution is -2.06. The second-order valence-electron chi connectivity index (χ2n) is 3.32. The van der Waals surface area contributed by atoms with E-state index in [2.05, 4.69) is 0 Å². The lowest BCUT2D eigenvalue weighted by molar-refractivity contribution is -0.137. The van der Waals surface area contributed by atoms with E-state index in [1.165, 1.54) is 24.3 Å². The average molecular weight is 245 g/mol. The molecular formula is C13H11NO4. The zero-order valence-electron chi connectivity index (χ0n) is 9.71. The van der Waals surface area contributed by atoms with Crippen LogP contribution >= 0.6 is 0 Å².